The number of nitrogens with zero attached hydrogens (tertiary/aromatic N) is 2. The summed E-state index contributed by atoms with van der Waals surface area (Å²) < 4.78 is 0. The van der Waals surface area contributed by atoms with Gasteiger partial charge in [0.25, 0.3) is 0 Å². The second-order valence-corrected chi connectivity index (χ2v) is 1.91. The fourth-order valence-corrected chi connectivity index (χ4v) is 0.480. The van der Waals surface area contributed by atoms with Gasteiger partial charge < -0.3 is 0 Å². The second-order valence-electron chi connectivity index (χ2n) is 1.91. The van der Waals surface area contributed by atoms with Crippen LogP contribution < -0.4 is 0 Å². The van der Waals surface area contributed by atoms with E-state index in [0.29, 0.717) is 0 Å². The molecule has 3 nitrogen and oxygen atoms in total. The van der Waals surface area contributed by atoms with Gasteiger partial charge in [-0.15, -0.1) is 0 Å². The van der Waals surface area contributed by atoms with E-state index in [2.05, 4.69) is 11.9 Å². The predicted octanol–water partition coefficient (Wildman–Crippen LogP) is 1.75. The minimum absolute atomic E-state index is 0.212. The van der Waals surface area contributed by atoms with E-state index in [1.807, 2.05) is 0 Å². The molecule has 0 aliphatic heterocycles. The van der Waals surface area contributed by atoms with Crippen LogP contribution in [0.2, 0.25) is 0 Å². The average molecular weight is 137 g/mol. The maximum Gasteiger partial charge on any atom is 0.224 e. The van der Waals surface area contributed by atoms with Crippen molar-refractivity contribution >= 4 is 12.1 Å². The minimum atomic E-state index is -0.212. The maximum atomic E-state index is 8.10. The summed E-state index contributed by atoms with van der Waals surface area (Å²) in [5.41, 5.74) is 0. The van der Waals surface area contributed by atoms with Crippen molar-refractivity contribution in [1.82, 2.24) is 0 Å². The van der Waals surface area contributed by atoms with Gasteiger partial charge in [-0.3, -0.25) is 5.41 Å². The summed E-state index contributed by atoms with van der Waals surface area (Å²) >= 11 is 0. The highest BCUT2D eigenvalue weighted by atomic mass is 14.8. The van der Waals surface area contributed by atoms with Gasteiger partial charge in [0.2, 0.25) is 5.84 Å². The van der Waals surface area contributed by atoms with Crippen LogP contribution in [0.3, 0.4) is 0 Å². The predicted molar refractivity (Wildman–Crippen MR) is 41.4 cm³/mol. The first-order chi connectivity index (χ1) is 4.81. The van der Waals surface area contributed by atoms with Crippen molar-refractivity contribution in [3.63, 3.8) is 0 Å². The van der Waals surface area contributed by atoms with E-state index in [-0.39, 0.29) is 5.84 Å². The molecule has 0 aromatic rings. The summed E-state index contributed by atoms with van der Waals surface area (Å²) in [4.78, 5) is 3.58. The van der Waals surface area contributed by atoms with Gasteiger partial charge in [-0.25, -0.2) is 4.99 Å². The third-order valence-corrected chi connectivity index (χ3v) is 1.01. The third kappa shape index (κ3) is 4.98. The minimum Gasteiger partial charge on any atom is -0.273 e. The first-order valence-electron chi connectivity index (χ1n) is 3.32. The van der Waals surface area contributed by atoms with Gasteiger partial charge in [0.05, 0.1) is 0 Å². The van der Waals surface area contributed by atoms with Crippen molar-refractivity contribution in [1.29, 1.82) is 10.7 Å². The van der Waals surface area contributed by atoms with Gasteiger partial charge in [-0.05, 0) is 12.8 Å². The Hall–Kier alpha value is -1.17. The first-order valence-corrected chi connectivity index (χ1v) is 3.32. The van der Waals surface area contributed by atoms with Gasteiger partial charge in [0.1, 0.15) is 6.07 Å². The van der Waals surface area contributed by atoms with Crippen LogP contribution in [0.4, 0.5) is 0 Å². The van der Waals surface area contributed by atoms with Crippen LogP contribution in [0, 0.1) is 16.7 Å². The van der Waals surface area contributed by atoms with Crippen LogP contribution in [0.1, 0.15) is 26.2 Å². The Kier molecular flexibility index (Phi) is 5.26. The van der Waals surface area contributed by atoms with E-state index in [0.717, 1.165) is 19.3 Å². The van der Waals surface area contributed by atoms with E-state index in [4.69, 9.17) is 10.7 Å². The number of nitriles is 1. The summed E-state index contributed by atoms with van der Waals surface area (Å²) in [7, 11) is 0. The molecule has 0 rings (SSSR count). The van der Waals surface area contributed by atoms with Crippen LogP contribution in [0.15, 0.2) is 4.99 Å². The lowest BCUT2D eigenvalue weighted by atomic mass is 10.3. The van der Waals surface area contributed by atoms with E-state index in [1.165, 1.54) is 0 Å². The fraction of sp³-hybridized carbons (Fsp3) is 0.571. The molecule has 0 spiro atoms. The Morgan fingerprint density at radius 3 is 3.00 bits per heavy atom. The zero-order valence-corrected chi connectivity index (χ0v) is 6.09. The van der Waals surface area contributed by atoms with Crippen molar-refractivity contribution in [2.75, 3.05) is 0 Å². The zero-order chi connectivity index (χ0) is 7.82. The van der Waals surface area contributed by atoms with Crippen molar-refractivity contribution in [3.8, 4) is 6.07 Å². The number of hydrogen-bond donors (Lipinski definition) is 1. The van der Waals surface area contributed by atoms with Crippen LogP contribution in [-0.4, -0.2) is 12.1 Å². The van der Waals surface area contributed by atoms with Crippen LogP contribution in [0.25, 0.3) is 0 Å². The molecular weight excluding hydrogens is 126 g/mol. The molecule has 3 heteroatoms. The lowest BCUT2D eigenvalue weighted by Gasteiger charge is -1.85. The molecule has 0 amide bonds. The van der Waals surface area contributed by atoms with Gasteiger partial charge >= 0.3 is 0 Å². The number of amidine groups is 1. The molecule has 10 heavy (non-hydrogen) atoms. The molecule has 0 aliphatic rings. The summed E-state index contributed by atoms with van der Waals surface area (Å²) in [5.74, 6) is -0.212. The van der Waals surface area contributed by atoms with E-state index < -0.39 is 0 Å². The van der Waals surface area contributed by atoms with Crippen molar-refractivity contribution < 1.29 is 0 Å². The second kappa shape index (κ2) is 5.96. The topological polar surface area (TPSA) is 60.0 Å². The SMILES string of the molecule is CCCCC=NC(=N)C#N. The van der Waals surface area contributed by atoms with Crippen molar-refractivity contribution in [2.45, 2.75) is 26.2 Å². The Bertz CT molecular complexity index is 164. The Balaban J connectivity index is 3.39. The molecule has 0 atom stereocenters. The first kappa shape index (κ1) is 8.83. The molecule has 54 valence electrons. The molecule has 0 heterocycles. The summed E-state index contributed by atoms with van der Waals surface area (Å²) in [6, 6.07) is 1.63. The Morgan fingerprint density at radius 2 is 2.50 bits per heavy atom. The molecule has 0 bridgehead atoms. The summed E-state index contributed by atoms with van der Waals surface area (Å²) in [6.45, 7) is 2.09. The van der Waals surface area contributed by atoms with E-state index >= 15 is 0 Å². The average Bonchev–Trinajstić information content (AvgIpc) is 1.98. The highest BCUT2D eigenvalue weighted by Gasteiger charge is 1.83. The number of nitrogens with one attached hydrogen (secondary N) is 1. The van der Waals surface area contributed by atoms with Crippen molar-refractivity contribution in [3.05, 3.63) is 0 Å². The molecule has 0 aromatic carbocycles. The summed E-state index contributed by atoms with van der Waals surface area (Å²) in [6.07, 6.45) is 4.67. The normalized spacial score (nSPS) is 9.60. The molecule has 1 N–H and O–H groups in total. The standard InChI is InChI=1S/C7H11N3/c1-2-3-4-5-10-7(9)6-8/h5,9H,2-4H2,1H3. The fourth-order valence-electron chi connectivity index (χ4n) is 0.480. The third-order valence-electron chi connectivity index (χ3n) is 1.01. The lowest BCUT2D eigenvalue weighted by Crippen LogP contribution is -1.85. The molecule has 0 aliphatic carbocycles. The van der Waals surface area contributed by atoms with E-state index in [9.17, 15) is 0 Å². The van der Waals surface area contributed by atoms with Crippen LogP contribution in [0.5, 0.6) is 0 Å². The molecule has 0 aromatic heterocycles. The molecule has 0 fully saturated rings. The monoisotopic (exact) mass is 137 g/mol. The molecule has 0 saturated heterocycles. The highest BCUT2D eigenvalue weighted by Crippen LogP contribution is 1.89. The molecule has 0 unspecified atom stereocenters. The van der Waals surface area contributed by atoms with E-state index in [1.54, 1.807) is 12.3 Å². The molecule has 0 saturated carbocycles. The maximum absolute atomic E-state index is 8.10. The zero-order valence-electron chi connectivity index (χ0n) is 6.09. The quantitative estimate of drug-likeness (QED) is 0.359. The molecule has 0 radical (unpaired) electrons. The van der Waals surface area contributed by atoms with Gasteiger partial charge in [0.15, 0.2) is 0 Å². The lowest BCUT2D eigenvalue weighted by molar-refractivity contribution is 0.843. The van der Waals surface area contributed by atoms with Gasteiger partial charge in [-0.2, -0.15) is 5.26 Å². The van der Waals surface area contributed by atoms with Crippen molar-refractivity contribution in [2.24, 2.45) is 4.99 Å². The smallest absolute Gasteiger partial charge is 0.224 e. The van der Waals surface area contributed by atoms with Crippen LogP contribution >= 0.6 is 0 Å². The van der Waals surface area contributed by atoms with Gasteiger partial charge in [-0.1, -0.05) is 13.3 Å². The largest absolute Gasteiger partial charge is 0.273 e. The number of unbranched alkanes of at least 4 members (excludes halogenated alkanes) is 2. The van der Waals surface area contributed by atoms with Crippen LogP contribution in [-0.2, 0) is 0 Å². The Labute approximate surface area is 60.9 Å². The molecular formula is C7H11N3. The number of aliphatic imine (C=N–C) groups is 1. The van der Waals surface area contributed by atoms with Gasteiger partial charge in [0, 0.05) is 6.21 Å². The number of rotatable bonds is 3. The number of hydrogen-bond acceptors (Lipinski definition) is 2. The summed E-state index contributed by atoms with van der Waals surface area (Å²) in [5, 5.41) is 14.9. The highest BCUT2D eigenvalue weighted by molar-refractivity contribution is 5.98. The Morgan fingerprint density at radius 1 is 1.80 bits per heavy atom.